The molecule has 0 saturated carbocycles. The van der Waals surface area contributed by atoms with Crippen molar-refractivity contribution in [1.82, 2.24) is 4.57 Å². The molecule has 9 aromatic rings. The van der Waals surface area contributed by atoms with Gasteiger partial charge in [-0.2, -0.15) is 0 Å². The van der Waals surface area contributed by atoms with Gasteiger partial charge in [-0.25, -0.2) is 0 Å². The summed E-state index contributed by atoms with van der Waals surface area (Å²) >= 11 is 0. The van der Waals surface area contributed by atoms with Crippen molar-refractivity contribution in [2.75, 3.05) is 10.2 Å². The van der Waals surface area contributed by atoms with Crippen LogP contribution in [0.2, 0.25) is 0 Å². The lowest BCUT2D eigenvalue weighted by molar-refractivity contribution is 0.632. The van der Waals surface area contributed by atoms with Crippen LogP contribution in [0.25, 0.3) is 49.4 Å². The average Bonchev–Trinajstić information content (AvgIpc) is 3.59. The molecule has 1 radical (unpaired) electrons. The third-order valence-electron chi connectivity index (χ3n) is 13.4. The first kappa shape index (κ1) is 32.7. The Hall–Kier alpha value is -6.52. The molecule has 0 spiro atoms. The molecule has 3 aliphatic heterocycles. The van der Waals surface area contributed by atoms with Crippen molar-refractivity contribution in [1.29, 1.82) is 0 Å². The van der Waals surface area contributed by atoms with E-state index in [1.54, 1.807) is 0 Å². The number of benzene rings is 8. The minimum atomic E-state index is -0.203. The monoisotopic (exact) mass is 730 g/mol. The largest absolute Gasteiger partial charge is 0.355 e. The van der Waals surface area contributed by atoms with Crippen molar-refractivity contribution in [3.63, 3.8) is 0 Å². The van der Waals surface area contributed by atoms with Crippen LogP contribution in [0.4, 0.5) is 28.4 Å². The van der Waals surface area contributed by atoms with Crippen molar-refractivity contribution in [3.8, 4) is 16.8 Å². The summed E-state index contributed by atoms with van der Waals surface area (Å²) in [6.07, 6.45) is 0. The lowest BCUT2D eigenvalue weighted by atomic mass is 9.57. The molecule has 0 saturated heterocycles. The Labute approximate surface area is 334 Å². The van der Waals surface area contributed by atoms with Crippen LogP contribution < -0.4 is 21.1 Å². The highest BCUT2D eigenvalue weighted by atomic mass is 15.2. The summed E-state index contributed by atoms with van der Waals surface area (Å²) in [6.45, 7) is 11.7. The molecule has 0 atom stereocenters. The lowest BCUT2D eigenvalue weighted by Crippen LogP contribution is -2.41. The van der Waals surface area contributed by atoms with Crippen molar-refractivity contribution in [3.05, 3.63) is 179 Å². The van der Waals surface area contributed by atoms with Crippen LogP contribution in [-0.4, -0.2) is 11.8 Å². The summed E-state index contributed by atoms with van der Waals surface area (Å²) in [5.74, 6) is 0. The standard InChI is InChI=1S/C53H41BN3/c1-31-25-27-33(28-26-31)55-42-22-11-8-17-35(42)36-30-45(56-43-23-12-9-18-37(43)52(2,3)38-19-10-13-24-44(38)56)47-46-34-16-7-6-15-32(34)29-40-50(46)57-49-39(53(40,4)5)20-14-21-41(49)54-48(36)51(47)57/h6-30,55H,1-5H3. The fourth-order valence-corrected chi connectivity index (χ4v) is 10.6. The van der Waals surface area contributed by atoms with Crippen molar-refractivity contribution in [2.45, 2.75) is 45.4 Å². The molecule has 1 aromatic heterocycles. The highest BCUT2D eigenvalue weighted by Crippen LogP contribution is 2.57. The van der Waals surface area contributed by atoms with E-state index in [0.717, 1.165) is 11.4 Å². The van der Waals surface area contributed by atoms with Crippen molar-refractivity contribution in [2.24, 2.45) is 0 Å². The second-order valence-corrected chi connectivity index (χ2v) is 17.3. The van der Waals surface area contributed by atoms with Gasteiger partial charge < -0.3 is 14.8 Å². The number of aryl methyl sites for hydroxylation is 1. The number of hydrogen-bond donors (Lipinski definition) is 1. The summed E-state index contributed by atoms with van der Waals surface area (Å²) in [5, 5.41) is 9.03. The third kappa shape index (κ3) is 4.28. The normalized spacial score (nSPS) is 15.1. The van der Waals surface area contributed by atoms with Gasteiger partial charge in [-0.15, -0.1) is 0 Å². The Morgan fingerprint density at radius 3 is 1.95 bits per heavy atom. The molecule has 271 valence electrons. The Bertz CT molecular complexity index is 3150. The number of para-hydroxylation sites is 4. The van der Waals surface area contributed by atoms with Crippen LogP contribution >= 0.6 is 0 Å². The van der Waals surface area contributed by atoms with Crippen molar-refractivity contribution < 1.29 is 0 Å². The lowest BCUT2D eigenvalue weighted by Gasteiger charge is -2.42. The number of nitrogens with zero attached hydrogens (tertiary/aromatic N) is 2. The van der Waals surface area contributed by atoms with Gasteiger partial charge in [-0.1, -0.05) is 148 Å². The second-order valence-electron chi connectivity index (χ2n) is 17.3. The molecule has 4 heterocycles. The van der Waals surface area contributed by atoms with Crippen LogP contribution in [0.5, 0.6) is 0 Å². The van der Waals surface area contributed by atoms with Gasteiger partial charge in [0.1, 0.15) is 0 Å². The summed E-state index contributed by atoms with van der Waals surface area (Å²) in [4.78, 5) is 2.59. The smallest absolute Gasteiger partial charge is 0.197 e. The first-order valence-electron chi connectivity index (χ1n) is 20.2. The fourth-order valence-electron chi connectivity index (χ4n) is 10.6. The topological polar surface area (TPSA) is 20.2 Å². The Kier molecular flexibility index (Phi) is 6.48. The molecule has 57 heavy (non-hydrogen) atoms. The van der Waals surface area contributed by atoms with E-state index in [1.807, 2.05) is 0 Å². The molecule has 0 unspecified atom stereocenters. The maximum Gasteiger partial charge on any atom is 0.197 e. The number of fused-ring (bicyclic) bond motifs is 5. The van der Waals surface area contributed by atoms with Crippen LogP contribution in [0.15, 0.2) is 152 Å². The highest BCUT2D eigenvalue weighted by molar-refractivity contribution is 6.74. The average molecular weight is 731 g/mol. The molecule has 0 bridgehead atoms. The number of anilines is 5. The van der Waals surface area contributed by atoms with Gasteiger partial charge in [0.15, 0.2) is 7.28 Å². The highest BCUT2D eigenvalue weighted by Gasteiger charge is 2.43. The maximum atomic E-state index is 3.84. The van der Waals surface area contributed by atoms with E-state index in [4.69, 9.17) is 0 Å². The van der Waals surface area contributed by atoms with Gasteiger partial charge in [0.2, 0.25) is 0 Å². The molecular weight excluding hydrogens is 689 g/mol. The summed E-state index contributed by atoms with van der Waals surface area (Å²) in [7, 11) is 2.48. The van der Waals surface area contributed by atoms with E-state index in [2.05, 4.69) is 208 Å². The van der Waals surface area contributed by atoms with Gasteiger partial charge in [0.25, 0.3) is 0 Å². The fraction of sp³-hybridized carbons (Fsp3) is 0.132. The van der Waals surface area contributed by atoms with Crippen molar-refractivity contribution >= 4 is 79.2 Å². The van der Waals surface area contributed by atoms with Crippen LogP contribution in [0.3, 0.4) is 0 Å². The van der Waals surface area contributed by atoms with Crippen LogP contribution in [0, 0.1) is 6.92 Å². The quantitative estimate of drug-likeness (QED) is 0.182. The van der Waals surface area contributed by atoms with Gasteiger partial charge in [-0.3, -0.25) is 0 Å². The van der Waals surface area contributed by atoms with Gasteiger partial charge >= 0.3 is 0 Å². The van der Waals surface area contributed by atoms with Gasteiger partial charge in [0, 0.05) is 44.2 Å². The minimum absolute atomic E-state index is 0.177. The Balaban J connectivity index is 1.30. The predicted octanol–water partition coefficient (Wildman–Crippen LogP) is 12.4. The first-order chi connectivity index (χ1) is 27.7. The molecular formula is C53H41BN3. The molecule has 3 nitrogen and oxygen atoms in total. The molecule has 3 aliphatic rings. The number of hydrogen-bond acceptors (Lipinski definition) is 2. The zero-order valence-corrected chi connectivity index (χ0v) is 32.9. The van der Waals surface area contributed by atoms with Crippen LogP contribution in [-0.2, 0) is 10.8 Å². The zero-order valence-electron chi connectivity index (χ0n) is 32.9. The number of aromatic nitrogens is 1. The van der Waals surface area contributed by atoms with E-state index in [-0.39, 0.29) is 10.8 Å². The van der Waals surface area contributed by atoms with Gasteiger partial charge in [0.05, 0.1) is 28.1 Å². The van der Waals surface area contributed by atoms with E-state index in [0.29, 0.717) is 0 Å². The van der Waals surface area contributed by atoms with Crippen LogP contribution in [0.1, 0.15) is 55.5 Å². The molecule has 1 N–H and O–H groups in total. The minimum Gasteiger partial charge on any atom is -0.355 e. The predicted molar refractivity (Wildman–Crippen MR) is 242 cm³/mol. The molecule has 0 fully saturated rings. The molecule has 4 heteroatoms. The molecule has 8 aromatic carbocycles. The third-order valence-corrected chi connectivity index (χ3v) is 13.4. The summed E-state index contributed by atoms with van der Waals surface area (Å²) in [6, 6.07) is 56.6. The Morgan fingerprint density at radius 2 is 1.18 bits per heavy atom. The van der Waals surface area contributed by atoms with E-state index in [1.165, 1.54) is 105 Å². The molecule has 0 amide bonds. The molecule has 12 rings (SSSR count). The zero-order chi connectivity index (χ0) is 38.4. The van der Waals surface area contributed by atoms with Gasteiger partial charge in [-0.05, 0) is 93.4 Å². The number of rotatable bonds is 4. The summed E-state index contributed by atoms with van der Waals surface area (Å²) in [5.41, 5.74) is 20.9. The Morgan fingerprint density at radius 1 is 0.526 bits per heavy atom. The number of nitrogens with one attached hydrogen (secondary N) is 1. The van der Waals surface area contributed by atoms with E-state index < -0.39 is 0 Å². The maximum absolute atomic E-state index is 3.84. The SMILES string of the molecule is Cc1ccc(Nc2ccccc2-c2cc(N3c4ccccc4C(C)(C)c4ccccc43)c3c4c5ccccc5cc5c4n4c3c2[B]c2cccc(c2-4)C5(C)C)cc1. The second kappa shape index (κ2) is 11.3. The van der Waals surface area contributed by atoms with E-state index >= 15 is 0 Å². The molecule has 0 aliphatic carbocycles. The first-order valence-corrected chi connectivity index (χ1v) is 20.2. The summed E-state index contributed by atoms with van der Waals surface area (Å²) < 4.78 is 2.66. The van der Waals surface area contributed by atoms with E-state index in [9.17, 15) is 0 Å².